The van der Waals surface area contributed by atoms with Gasteiger partial charge in [0.2, 0.25) is 0 Å². The Morgan fingerprint density at radius 2 is 1.68 bits per heavy atom. The lowest BCUT2D eigenvalue weighted by Gasteiger charge is -2.22. The molecule has 0 unspecified atom stereocenters. The van der Waals surface area contributed by atoms with E-state index in [0.717, 1.165) is 26.1 Å². The maximum Gasteiger partial charge on any atom is 0.151 e. The Morgan fingerprint density at radius 1 is 0.947 bits per heavy atom. The van der Waals surface area contributed by atoms with Crippen molar-refractivity contribution in [2.45, 2.75) is 51.0 Å². The van der Waals surface area contributed by atoms with Crippen molar-refractivity contribution >= 4 is 9.84 Å². The molecule has 1 N–H and O–H groups in total. The van der Waals surface area contributed by atoms with E-state index in [2.05, 4.69) is 10.2 Å². The summed E-state index contributed by atoms with van der Waals surface area (Å²) < 4.78 is 23.1. The van der Waals surface area contributed by atoms with Gasteiger partial charge < -0.3 is 10.2 Å². The summed E-state index contributed by atoms with van der Waals surface area (Å²) in [4.78, 5) is 2.30. The van der Waals surface area contributed by atoms with Crippen molar-refractivity contribution in [3.63, 3.8) is 0 Å². The molecule has 0 amide bonds. The van der Waals surface area contributed by atoms with Crippen LogP contribution in [0.1, 0.15) is 44.9 Å². The van der Waals surface area contributed by atoms with Gasteiger partial charge in [0.1, 0.15) is 0 Å². The van der Waals surface area contributed by atoms with Crippen molar-refractivity contribution < 1.29 is 8.42 Å². The zero-order valence-corrected chi connectivity index (χ0v) is 12.8. The van der Waals surface area contributed by atoms with Crippen LogP contribution in [-0.4, -0.2) is 57.0 Å². The standard InChI is InChI=1S/C14H28N2O2S/c17-19(18)12-5-9-16(11-13-19)10-8-15-14-6-3-1-2-4-7-14/h14-15H,1-13H2. The van der Waals surface area contributed by atoms with E-state index < -0.39 is 9.84 Å². The van der Waals surface area contributed by atoms with E-state index in [0.29, 0.717) is 24.1 Å². The highest BCUT2D eigenvalue weighted by Crippen LogP contribution is 2.17. The molecular formula is C14H28N2O2S. The molecule has 0 atom stereocenters. The van der Waals surface area contributed by atoms with Gasteiger partial charge in [-0.15, -0.1) is 0 Å². The summed E-state index contributed by atoms with van der Waals surface area (Å²) in [6.07, 6.45) is 8.93. The second-order valence-corrected chi connectivity index (χ2v) is 8.29. The van der Waals surface area contributed by atoms with E-state index in [1.807, 2.05) is 0 Å². The van der Waals surface area contributed by atoms with Gasteiger partial charge in [-0.1, -0.05) is 25.7 Å². The van der Waals surface area contributed by atoms with Gasteiger partial charge in [-0.2, -0.15) is 0 Å². The van der Waals surface area contributed by atoms with Crippen LogP contribution in [0.25, 0.3) is 0 Å². The Hall–Kier alpha value is -0.130. The quantitative estimate of drug-likeness (QED) is 0.795. The smallest absolute Gasteiger partial charge is 0.151 e. The lowest BCUT2D eigenvalue weighted by Crippen LogP contribution is -2.38. The number of hydrogen-bond acceptors (Lipinski definition) is 4. The number of nitrogens with one attached hydrogen (secondary N) is 1. The molecule has 1 saturated heterocycles. The van der Waals surface area contributed by atoms with Crippen LogP contribution < -0.4 is 5.32 Å². The molecule has 1 aliphatic heterocycles. The summed E-state index contributed by atoms with van der Waals surface area (Å²) in [6, 6.07) is 0.693. The highest BCUT2D eigenvalue weighted by Gasteiger charge is 2.19. The van der Waals surface area contributed by atoms with Gasteiger partial charge in [-0.3, -0.25) is 0 Å². The summed E-state index contributed by atoms with van der Waals surface area (Å²) in [7, 11) is -2.76. The molecule has 112 valence electrons. The molecule has 5 heteroatoms. The maximum atomic E-state index is 11.5. The Morgan fingerprint density at radius 3 is 2.42 bits per heavy atom. The van der Waals surface area contributed by atoms with Crippen LogP contribution in [0.2, 0.25) is 0 Å². The van der Waals surface area contributed by atoms with Crippen molar-refractivity contribution in [1.82, 2.24) is 10.2 Å². The van der Waals surface area contributed by atoms with E-state index in [-0.39, 0.29) is 0 Å². The Kier molecular flexibility index (Phi) is 6.10. The minimum atomic E-state index is -2.76. The molecule has 0 spiro atoms. The summed E-state index contributed by atoms with van der Waals surface area (Å²) in [5.41, 5.74) is 0. The minimum Gasteiger partial charge on any atom is -0.313 e. The number of rotatable bonds is 4. The zero-order chi connectivity index (χ0) is 13.6. The van der Waals surface area contributed by atoms with Crippen LogP contribution >= 0.6 is 0 Å². The molecule has 2 rings (SSSR count). The van der Waals surface area contributed by atoms with Crippen molar-refractivity contribution in [1.29, 1.82) is 0 Å². The third-order valence-electron chi connectivity index (χ3n) is 4.36. The Balaban J connectivity index is 1.64. The van der Waals surface area contributed by atoms with Crippen molar-refractivity contribution in [2.24, 2.45) is 0 Å². The molecule has 1 heterocycles. The van der Waals surface area contributed by atoms with Crippen LogP contribution in [0.3, 0.4) is 0 Å². The van der Waals surface area contributed by atoms with E-state index in [1.165, 1.54) is 38.5 Å². The van der Waals surface area contributed by atoms with Crippen LogP contribution in [0, 0.1) is 0 Å². The van der Waals surface area contributed by atoms with Gasteiger partial charge in [0.05, 0.1) is 11.5 Å². The number of sulfone groups is 1. The van der Waals surface area contributed by atoms with Gasteiger partial charge >= 0.3 is 0 Å². The van der Waals surface area contributed by atoms with E-state index >= 15 is 0 Å². The molecule has 0 bridgehead atoms. The first kappa shape index (κ1) is 15.3. The van der Waals surface area contributed by atoms with Gasteiger partial charge in [0.15, 0.2) is 9.84 Å². The van der Waals surface area contributed by atoms with Crippen molar-refractivity contribution in [3.05, 3.63) is 0 Å². The normalized spacial score (nSPS) is 26.7. The summed E-state index contributed by atoms with van der Waals surface area (Å²) >= 11 is 0. The molecule has 4 nitrogen and oxygen atoms in total. The minimum absolute atomic E-state index is 0.344. The fourth-order valence-corrected chi connectivity index (χ4v) is 4.43. The second-order valence-electron chi connectivity index (χ2n) is 5.99. The molecule has 0 aromatic heterocycles. The first-order valence-corrected chi connectivity index (χ1v) is 9.64. The van der Waals surface area contributed by atoms with E-state index in [1.54, 1.807) is 0 Å². The predicted octanol–water partition coefficient (Wildman–Crippen LogP) is 1.42. The van der Waals surface area contributed by atoms with Crippen LogP contribution in [0.4, 0.5) is 0 Å². The van der Waals surface area contributed by atoms with Crippen molar-refractivity contribution in [2.75, 3.05) is 37.7 Å². The lowest BCUT2D eigenvalue weighted by atomic mass is 10.1. The second kappa shape index (κ2) is 7.60. The van der Waals surface area contributed by atoms with Crippen LogP contribution in [-0.2, 0) is 9.84 Å². The molecule has 1 aliphatic carbocycles. The topological polar surface area (TPSA) is 49.4 Å². The zero-order valence-electron chi connectivity index (χ0n) is 11.9. The van der Waals surface area contributed by atoms with E-state index in [4.69, 9.17) is 0 Å². The molecule has 19 heavy (non-hydrogen) atoms. The van der Waals surface area contributed by atoms with Gasteiger partial charge in [-0.25, -0.2) is 8.42 Å². The molecule has 1 saturated carbocycles. The Labute approximate surface area is 117 Å². The third-order valence-corrected chi connectivity index (χ3v) is 6.08. The monoisotopic (exact) mass is 288 g/mol. The molecule has 2 fully saturated rings. The summed E-state index contributed by atoms with van der Waals surface area (Å²) in [5.74, 6) is 0.718. The SMILES string of the molecule is O=S1(=O)CCCN(CCNC2CCCCCC2)CC1. The highest BCUT2D eigenvalue weighted by atomic mass is 32.2. The van der Waals surface area contributed by atoms with Gasteiger partial charge in [0.25, 0.3) is 0 Å². The molecule has 2 aliphatic rings. The molecule has 0 aromatic rings. The first-order chi connectivity index (χ1) is 9.16. The summed E-state index contributed by atoms with van der Waals surface area (Å²) in [5, 5.41) is 3.66. The third kappa shape index (κ3) is 5.79. The highest BCUT2D eigenvalue weighted by molar-refractivity contribution is 7.91. The maximum absolute atomic E-state index is 11.5. The van der Waals surface area contributed by atoms with Crippen LogP contribution in [0.15, 0.2) is 0 Å². The molecule has 0 aromatic carbocycles. The molecular weight excluding hydrogens is 260 g/mol. The molecule has 0 radical (unpaired) electrons. The largest absolute Gasteiger partial charge is 0.313 e. The average molecular weight is 288 g/mol. The number of hydrogen-bond donors (Lipinski definition) is 1. The fourth-order valence-electron chi connectivity index (χ4n) is 3.12. The Bertz CT molecular complexity index is 348. The van der Waals surface area contributed by atoms with Gasteiger partial charge in [-0.05, 0) is 25.8 Å². The van der Waals surface area contributed by atoms with E-state index in [9.17, 15) is 8.42 Å². The van der Waals surface area contributed by atoms with Gasteiger partial charge in [0, 0.05) is 25.7 Å². The predicted molar refractivity (Wildman–Crippen MR) is 79.2 cm³/mol. The number of nitrogens with zero attached hydrogens (tertiary/aromatic N) is 1. The summed E-state index contributed by atoms with van der Waals surface area (Å²) in [6.45, 7) is 3.65. The average Bonchev–Trinajstić information content (AvgIpc) is 2.71. The lowest BCUT2D eigenvalue weighted by molar-refractivity contribution is 0.285. The fraction of sp³-hybridized carbons (Fsp3) is 1.00. The van der Waals surface area contributed by atoms with Crippen LogP contribution in [0.5, 0.6) is 0 Å². The first-order valence-electron chi connectivity index (χ1n) is 7.82. The van der Waals surface area contributed by atoms with Crippen molar-refractivity contribution in [3.8, 4) is 0 Å².